The molecule has 0 saturated carbocycles. The molecule has 18 heteroatoms. The van der Waals surface area contributed by atoms with Crippen LogP contribution in [-0.4, -0.2) is 130 Å². The number of aromatic nitrogens is 5. The van der Waals surface area contributed by atoms with Gasteiger partial charge in [-0.05, 0) is 59.2 Å². The molecular weight excluding hydrogens is 943 g/mol. The van der Waals surface area contributed by atoms with Crippen LogP contribution in [0.5, 0.6) is 5.75 Å². The molecular formula is C56H51N9O9. The summed E-state index contributed by atoms with van der Waals surface area (Å²) in [6.45, 7) is 0.656. The molecule has 0 bridgehead atoms. The number of methoxy groups -OCH3 is 1. The van der Waals surface area contributed by atoms with E-state index in [4.69, 9.17) is 18.9 Å². The summed E-state index contributed by atoms with van der Waals surface area (Å²) < 4.78 is 25.7. The zero-order valence-corrected chi connectivity index (χ0v) is 40.3. The predicted octanol–water partition coefficient (Wildman–Crippen LogP) is 5.44. The number of imide groups is 1. The number of morpholine rings is 1. The quantitative estimate of drug-likeness (QED) is 0.0923. The van der Waals surface area contributed by atoms with E-state index in [-0.39, 0.29) is 57.3 Å². The molecule has 18 nitrogen and oxygen atoms in total. The zero-order chi connectivity index (χ0) is 50.8. The number of ether oxygens (including phenoxy) is 4. The summed E-state index contributed by atoms with van der Waals surface area (Å²) in [6, 6.07) is 36.9. The van der Waals surface area contributed by atoms with E-state index in [2.05, 4.69) is 32.1 Å². The van der Waals surface area contributed by atoms with Crippen LogP contribution in [0.1, 0.15) is 46.0 Å². The number of cyclic esters (lactones) is 1. The van der Waals surface area contributed by atoms with Crippen molar-refractivity contribution in [1.82, 2.24) is 34.8 Å². The van der Waals surface area contributed by atoms with Gasteiger partial charge in [0.2, 0.25) is 17.8 Å². The highest BCUT2D eigenvalue weighted by atomic mass is 16.6. The molecule has 374 valence electrons. The second kappa shape index (κ2) is 20.5. The van der Waals surface area contributed by atoms with Gasteiger partial charge in [0.05, 0.1) is 42.4 Å². The Bertz CT molecular complexity index is 3270. The smallest absolute Gasteiger partial charge is 0.421 e. The summed E-state index contributed by atoms with van der Waals surface area (Å²) in [5, 5.41) is 18.8. The number of carbonyl (C=O) groups excluding carboxylic acids is 4. The maximum Gasteiger partial charge on any atom is 0.421 e. The fourth-order valence-electron chi connectivity index (χ4n) is 11.2. The first-order valence-electron chi connectivity index (χ1n) is 24.5. The van der Waals surface area contributed by atoms with Gasteiger partial charge in [-0.15, -0.1) is 5.10 Å². The number of aliphatic hydroxyl groups is 1. The number of esters is 1. The standard InChI is InChI=1S/C56H51N9O9/c1-71-34-35-73-55(70)64-43-24-23-37(14-12-27-63-44-21-10-9-20-42(44)59-60-63)36-41(43)56(53(64)69)46(51(67)61-28-30-62(31-29-61)54-57-25-13-26-58-54)48-52(68)74-49(39-17-6-3-7-18-39)47(38-15-4-2-5-16-38)65(48)50(56)40-19-8-11-22-45(40)72-33-32-66/h2-11,13,15-26,36,46-50,66H,27-35H2,1H3/t46-,47-,48-,49+,50+,56-/m0/s1. The molecule has 0 radical (unpaired) electrons. The molecule has 1 spiro atoms. The molecule has 0 aliphatic carbocycles. The third kappa shape index (κ3) is 8.34. The Morgan fingerprint density at radius 3 is 2.27 bits per heavy atom. The van der Waals surface area contributed by atoms with E-state index in [9.17, 15) is 9.90 Å². The Labute approximate surface area is 426 Å². The van der Waals surface area contributed by atoms with Gasteiger partial charge in [-0.25, -0.2) is 24.3 Å². The van der Waals surface area contributed by atoms with E-state index in [1.54, 1.807) is 70.5 Å². The molecule has 3 fully saturated rings. The van der Waals surface area contributed by atoms with Crippen LogP contribution in [0.25, 0.3) is 11.0 Å². The summed E-state index contributed by atoms with van der Waals surface area (Å²) in [5.41, 5.74) is 2.12. The number of hydrogen-bond donors (Lipinski definition) is 1. The predicted molar refractivity (Wildman–Crippen MR) is 269 cm³/mol. The number of aliphatic hydroxyl groups excluding tert-OH is 1. The molecule has 4 aliphatic rings. The molecule has 6 heterocycles. The van der Waals surface area contributed by atoms with Gasteiger partial charge < -0.3 is 33.9 Å². The van der Waals surface area contributed by atoms with Crippen molar-refractivity contribution >= 4 is 46.5 Å². The topological polar surface area (TPSA) is 195 Å². The van der Waals surface area contributed by atoms with Gasteiger partial charge in [-0.1, -0.05) is 108 Å². The van der Waals surface area contributed by atoms with Gasteiger partial charge in [-0.2, -0.15) is 0 Å². The second-order valence-corrected chi connectivity index (χ2v) is 18.3. The van der Waals surface area contributed by atoms with E-state index < -0.39 is 59.4 Å². The van der Waals surface area contributed by atoms with Crippen LogP contribution >= 0.6 is 0 Å². The van der Waals surface area contributed by atoms with Gasteiger partial charge in [0.1, 0.15) is 48.6 Å². The van der Waals surface area contributed by atoms with Crippen molar-refractivity contribution in [2.24, 2.45) is 5.92 Å². The van der Waals surface area contributed by atoms with Crippen molar-refractivity contribution < 1.29 is 43.2 Å². The molecule has 6 atom stereocenters. The van der Waals surface area contributed by atoms with Crippen LogP contribution in [-0.2, 0) is 40.6 Å². The number of benzene rings is 5. The van der Waals surface area contributed by atoms with Crippen molar-refractivity contribution in [3.8, 4) is 17.6 Å². The summed E-state index contributed by atoms with van der Waals surface area (Å²) in [7, 11) is 1.47. The van der Waals surface area contributed by atoms with Gasteiger partial charge in [0, 0.05) is 56.8 Å². The van der Waals surface area contributed by atoms with Gasteiger partial charge >= 0.3 is 12.1 Å². The normalized spacial score (nSPS) is 22.2. The van der Waals surface area contributed by atoms with Gasteiger partial charge in [0.15, 0.2) is 0 Å². The summed E-state index contributed by atoms with van der Waals surface area (Å²) in [5.74, 6) is 3.72. The molecule has 5 aromatic carbocycles. The largest absolute Gasteiger partial charge is 0.491 e. The Hall–Kier alpha value is -8.50. The molecule has 2 aromatic heterocycles. The number of amides is 3. The lowest BCUT2D eigenvalue weighted by molar-refractivity contribution is -0.179. The zero-order valence-electron chi connectivity index (χ0n) is 40.3. The lowest BCUT2D eigenvalue weighted by Gasteiger charge is -2.46. The molecule has 0 unspecified atom stereocenters. The number of nitrogens with zero attached hydrogens (tertiary/aromatic N) is 9. The van der Waals surface area contributed by atoms with Crippen LogP contribution in [0.4, 0.5) is 16.4 Å². The van der Waals surface area contributed by atoms with Crippen LogP contribution in [0, 0.1) is 17.8 Å². The Kier molecular flexibility index (Phi) is 13.3. The Balaban J connectivity index is 1.16. The number of hydrogen-bond acceptors (Lipinski definition) is 15. The third-order valence-electron chi connectivity index (χ3n) is 14.3. The highest BCUT2D eigenvalue weighted by molar-refractivity contribution is 6.23. The van der Waals surface area contributed by atoms with Crippen molar-refractivity contribution in [3.05, 3.63) is 174 Å². The monoisotopic (exact) mass is 993 g/mol. The highest BCUT2D eigenvalue weighted by Crippen LogP contribution is 2.67. The molecule has 7 aromatic rings. The summed E-state index contributed by atoms with van der Waals surface area (Å²) >= 11 is 0. The average Bonchev–Trinajstić information content (AvgIpc) is 4.12. The van der Waals surface area contributed by atoms with E-state index in [1.807, 2.05) is 94.7 Å². The van der Waals surface area contributed by atoms with E-state index in [0.717, 1.165) is 16.0 Å². The molecule has 3 saturated heterocycles. The number of carbonyl (C=O) groups is 4. The minimum atomic E-state index is -2.10. The SMILES string of the molecule is COCCOC(=O)N1C(=O)[C@@]2(c3cc(C#CCn4nnc5ccccc54)ccc31)[C@H](C(=O)N1CCN(c3ncccn3)CC1)[C@H]1C(=O)O[C@H](c3ccccc3)[C@H](c3ccccc3)N1[C@@H]2c1ccccc1OCCO. The first-order chi connectivity index (χ1) is 36.3. The highest BCUT2D eigenvalue weighted by Gasteiger charge is 2.76. The van der Waals surface area contributed by atoms with Gasteiger partial charge in [-0.3, -0.25) is 19.3 Å². The molecule has 74 heavy (non-hydrogen) atoms. The van der Waals surface area contributed by atoms with E-state index in [0.29, 0.717) is 47.0 Å². The first kappa shape index (κ1) is 47.8. The molecule has 1 N–H and O–H groups in total. The number of rotatable bonds is 12. The minimum Gasteiger partial charge on any atom is -0.491 e. The maximum absolute atomic E-state index is 16.7. The number of para-hydroxylation sites is 2. The Morgan fingerprint density at radius 2 is 1.51 bits per heavy atom. The van der Waals surface area contributed by atoms with E-state index in [1.165, 1.54) is 7.11 Å². The van der Waals surface area contributed by atoms with Crippen LogP contribution in [0.3, 0.4) is 0 Å². The maximum atomic E-state index is 16.7. The van der Waals surface area contributed by atoms with Gasteiger partial charge in [0.25, 0.3) is 0 Å². The minimum absolute atomic E-state index is 0.0436. The second-order valence-electron chi connectivity index (χ2n) is 18.3. The average molecular weight is 994 g/mol. The lowest BCUT2D eigenvalue weighted by Crippen LogP contribution is -2.59. The molecule has 11 rings (SSSR count). The van der Waals surface area contributed by atoms with Crippen LogP contribution in [0.15, 0.2) is 146 Å². The molecule has 3 amide bonds. The lowest BCUT2D eigenvalue weighted by atomic mass is 9.64. The summed E-state index contributed by atoms with van der Waals surface area (Å²) in [4.78, 5) is 79.0. The van der Waals surface area contributed by atoms with Crippen LogP contribution in [0.2, 0.25) is 0 Å². The van der Waals surface area contributed by atoms with Crippen molar-refractivity contribution in [2.45, 2.75) is 36.2 Å². The number of fused-ring (bicyclic) bond motifs is 4. The van der Waals surface area contributed by atoms with Crippen molar-refractivity contribution in [3.63, 3.8) is 0 Å². The third-order valence-corrected chi connectivity index (χ3v) is 14.3. The number of piperazine rings is 1. The van der Waals surface area contributed by atoms with Crippen LogP contribution < -0.4 is 14.5 Å². The number of anilines is 2. The van der Waals surface area contributed by atoms with E-state index >= 15 is 14.4 Å². The fraction of sp³-hybridized carbons (Fsp3) is 0.286. The van der Waals surface area contributed by atoms with Crippen molar-refractivity contribution in [2.75, 3.05) is 69.5 Å². The molecule has 4 aliphatic heterocycles. The summed E-state index contributed by atoms with van der Waals surface area (Å²) in [6.07, 6.45) is 1.36. The fourth-order valence-corrected chi connectivity index (χ4v) is 11.2. The first-order valence-corrected chi connectivity index (χ1v) is 24.5. The van der Waals surface area contributed by atoms with Crippen molar-refractivity contribution in [1.29, 1.82) is 0 Å². The Morgan fingerprint density at radius 1 is 0.797 bits per heavy atom.